The van der Waals surface area contributed by atoms with E-state index in [1.165, 1.54) is 48.5 Å². The first-order chi connectivity index (χ1) is 31.0. The molecule has 0 fully saturated rings. The molecule has 0 saturated heterocycles. The molecule has 0 radical (unpaired) electrons. The molecule has 0 aliphatic rings. The Balaban J connectivity index is 0.00000266. The number of nitrogen functional groups attached to an aromatic ring is 1. The normalized spacial score (nSPS) is 12.1. The van der Waals surface area contributed by atoms with E-state index in [2.05, 4.69) is 31.1 Å². The number of fused-ring (bicyclic) bond motifs is 4. The molecule has 21 nitrogen and oxygen atoms in total. The van der Waals surface area contributed by atoms with Crippen LogP contribution in [-0.4, -0.2) is 57.9 Å². The molecule has 8 aromatic rings. The third-order valence-electron chi connectivity index (χ3n) is 9.96. The number of hydrogen-bond donors (Lipinski definition) is 4. The van der Waals surface area contributed by atoms with Crippen molar-refractivity contribution < 1.29 is 180 Å². The summed E-state index contributed by atoms with van der Waals surface area (Å²) < 4.78 is 143. The predicted octanol–water partition coefficient (Wildman–Crippen LogP) is -4.59. The molecule has 8 aromatic carbocycles. The first-order valence-electron chi connectivity index (χ1n) is 18.4. The van der Waals surface area contributed by atoms with Gasteiger partial charge in [-0.1, -0.05) is 54.3 Å². The first-order valence-corrected chi connectivity index (χ1v) is 24.1. The summed E-state index contributed by atoms with van der Waals surface area (Å²) in [5, 5.41) is 35.0. The van der Waals surface area contributed by atoms with Crippen LogP contribution >= 0.6 is 0 Å². The Kier molecular flexibility index (Phi) is 19.2. The van der Waals surface area contributed by atoms with Gasteiger partial charge >= 0.3 is 124 Å². The second-order valence-electron chi connectivity index (χ2n) is 14.2. The van der Waals surface area contributed by atoms with Crippen molar-refractivity contribution in [3.63, 3.8) is 0 Å². The van der Waals surface area contributed by atoms with Crippen molar-refractivity contribution in [3.8, 4) is 5.75 Å². The molecule has 0 atom stereocenters. The van der Waals surface area contributed by atoms with Crippen molar-refractivity contribution in [1.82, 2.24) is 0 Å². The maximum absolute atomic E-state index is 13.6. The van der Waals surface area contributed by atoms with Gasteiger partial charge in [-0.15, -0.1) is 15.3 Å². The van der Waals surface area contributed by atoms with Gasteiger partial charge in [-0.2, -0.15) is 13.5 Å². The zero-order chi connectivity index (χ0) is 47.5. The Labute approximate surface area is 486 Å². The van der Waals surface area contributed by atoms with Crippen LogP contribution in [0.3, 0.4) is 0 Å². The number of amides is 2. The number of anilines is 3. The number of nitrogens with zero attached hydrogens (tertiary/aromatic N) is 4. The van der Waals surface area contributed by atoms with Crippen LogP contribution < -0.4 is 140 Å². The topological polar surface area (TPSA) is 366 Å². The van der Waals surface area contributed by atoms with E-state index in [9.17, 15) is 61.8 Å². The minimum Gasteiger partial charge on any atom is -0.871 e. The number of azo groups is 2. The molecular formula is C41H25N7Na4O14S4. The zero-order valence-corrected chi connectivity index (χ0v) is 48.1. The van der Waals surface area contributed by atoms with E-state index in [4.69, 9.17) is 5.73 Å². The van der Waals surface area contributed by atoms with E-state index in [0.717, 1.165) is 48.5 Å². The maximum Gasteiger partial charge on any atom is 1.00 e. The molecule has 0 bridgehead atoms. The van der Waals surface area contributed by atoms with Crippen LogP contribution in [0, 0.1) is 0 Å². The van der Waals surface area contributed by atoms with Crippen molar-refractivity contribution in [2.75, 3.05) is 16.4 Å². The van der Waals surface area contributed by atoms with E-state index >= 15 is 0 Å². The molecule has 0 spiro atoms. The molecule has 8 rings (SSSR count). The third kappa shape index (κ3) is 12.6. The Bertz CT molecular complexity index is 3960. The summed E-state index contributed by atoms with van der Waals surface area (Å²) in [7, 11) is -20.4. The molecule has 0 aliphatic carbocycles. The van der Waals surface area contributed by atoms with Gasteiger partial charge in [0.05, 0.1) is 48.8 Å². The predicted molar refractivity (Wildman–Crippen MR) is 234 cm³/mol. The Morgan fingerprint density at radius 3 is 1.66 bits per heavy atom. The number of nitrogens with two attached hydrogens (primary N) is 1. The van der Waals surface area contributed by atoms with Crippen LogP contribution in [0.1, 0.15) is 0 Å². The van der Waals surface area contributed by atoms with Crippen LogP contribution in [0.25, 0.3) is 43.1 Å². The van der Waals surface area contributed by atoms with Crippen LogP contribution in [0.5, 0.6) is 5.75 Å². The van der Waals surface area contributed by atoms with Crippen molar-refractivity contribution >= 4 is 129 Å². The zero-order valence-electron chi connectivity index (χ0n) is 36.8. The van der Waals surface area contributed by atoms with Gasteiger partial charge in [0.25, 0.3) is 10.1 Å². The Hall–Kier alpha value is -3.49. The van der Waals surface area contributed by atoms with E-state index in [1.807, 2.05) is 0 Å². The Morgan fingerprint density at radius 2 is 1.06 bits per heavy atom. The second-order valence-corrected chi connectivity index (χ2v) is 19.6. The third-order valence-corrected chi connectivity index (χ3v) is 13.4. The fourth-order valence-corrected chi connectivity index (χ4v) is 9.62. The first kappa shape index (κ1) is 59.1. The summed E-state index contributed by atoms with van der Waals surface area (Å²) in [5.41, 5.74) is 5.13. The van der Waals surface area contributed by atoms with Crippen LogP contribution in [0.2, 0.25) is 0 Å². The molecule has 0 aromatic heterocycles. The smallest absolute Gasteiger partial charge is 0.871 e. The van der Waals surface area contributed by atoms with E-state index in [1.54, 1.807) is 24.3 Å². The van der Waals surface area contributed by atoms with Gasteiger partial charge in [0.15, 0.2) is 0 Å². The van der Waals surface area contributed by atoms with E-state index in [-0.39, 0.29) is 185 Å². The van der Waals surface area contributed by atoms with Crippen molar-refractivity contribution in [2.45, 2.75) is 19.6 Å². The summed E-state index contributed by atoms with van der Waals surface area (Å²) in [4.78, 5) is 10.4. The second kappa shape index (κ2) is 22.7. The molecule has 2 amide bonds. The fraction of sp³-hybridized carbons (Fsp3) is 0. The number of rotatable bonds is 10. The van der Waals surface area contributed by atoms with Crippen LogP contribution in [0.4, 0.5) is 44.6 Å². The summed E-state index contributed by atoms with van der Waals surface area (Å²) in [5.74, 6) is -0.943. The number of carbonyl (C=O) groups excluding carboxylic acids is 1. The van der Waals surface area contributed by atoms with Gasteiger partial charge in [0.2, 0.25) is 0 Å². The van der Waals surface area contributed by atoms with Gasteiger partial charge in [-0.05, 0) is 83.6 Å². The van der Waals surface area contributed by atoms with Crippen molar-refractivity contribution in [1.29, 1.82) is 0 Å². The quantitative estimate of drug-likeness (QED) is 0.0434. The molecule has 29 heteroatoms. The molecule has 0 unspecified atom stereocenters. The number of urea groups is 1. The van der Waals surface area contributed by atoms with Gasteiger partial charge in [-0.3, -0.25) is 4.55 Å². The van der Waals surface area contributed by atoms with Gasteiger partial charge in [0.1, 0.15) is 35.2 Å². The van der Waals surface area contributed by atoms with Crippen LogP contribution in [-0.2, 0) is 40.5 Å². The standard InChI is InChI=1S/C41H29N7O14S4.4Na/c42-22-8-10-25-21(16-22)17-38(66(60,61)62)39(40(25)49)48-47-35-15-13-33(28-11-9-24(20-30(28)35)63(51,52)53)44-41(50)43-32-12-14-34(27-5-2-1-4-26(27)32)46-45-23-18-31-29(37(19-23)65(57,58)59)6-3-7-36(31)64(54,55)56;;;;/h1-20,49H,42H2,(H2,43,44,50)(H,51,52,53)(H,54,55,56)(H,57,58,59)(H,60,61,62);;;;/q;4*+1/p-4. The van der Waals surface area contributed by atoms with Crippen molar-refractivity contribution in [2.24, 2.45) is 20.5 Å². The average Bonchev–Trinajstić information content (AvgIpc) is 3.24. The van der Waals surface area contributed by atoms with Crippen LogP contribution in [0.15, 0.2) is 161 Å². The van der Waals surface area contributed by atoms with E-state index < -0.39 is 77.5 Å². The molecule has 0 aliphatic heterocycles. The largest absolute Gasteiger partial charge is 1.00 e. The molecule has 0 saturated carbocycles. The monoisotopic (exact) mass is 1060 g/mol. The fourth-order valence-electron chi connectivity index (χ4n) is 7.07. The minimum atomic E-state index is -5.20. The number of benzene rings is 8. The van der Waals surface area contributed by atoms with Gasteiger partial charge < -0.3 is 35.1 Å². The number of nitrogens with one attached hydrogen (secondary N) is 2. The summed E-state index contributed by atoms with van der Waals surface area (Å²) in [6, 6.07) is 24.3. The minimum absolute atomic E-state index is 0. The molecule has 0 heterocycles. The van der Waals surface area contributed by atoms with E-state index in [0.29, 0.717) is 10.8 Å². The molecule has 70 heavy (non-hydrogen) atoms. The molecule has 5 N–H and O–H groups in total. The van der Waals surface area contributed by atoms with Gasteiger partial charge in [-0.25, -0.2) is 30.0 Å². The average molecular weight is 1060 g/mol. The van der Waals surface area contributed by atoms with Gasteiger partial charge in [0, 0.05) is 38.0 Å². The summed E-state index contributed by atoms with van der Waals surface area (Å²) in [6.07, 6.45) is 0. The Morgan fingerprint density at radius 1 is 0.500 bits per heavy atom. The summed E-state index contributed by atoms with van der Waals surface area (Å²) in [6.45, 7) is 0. The SMILES string of the molecule is Nc1ccc2c([O-])c(N=Nc3ccc(NC(=O)Nc4ccc(N=Nc5cc(S(=O)(=O)[O-])c6cccc(S(=O)(=O)[O-])c6c5)c5ccccc45)c4ccc(S(=O)(=O)[O-])cc34)c(S(=O)(=O)O)cc2c1.[Na+].[Na+].[Na+].[Na+]. The summed E-state index contributed by atoms with van der Waals surface area (Å²) >= 11 is 0. The number of carbonyl (C=O) groups is 1. The van der Waals surface area contributed by atoms with Crippen molar-refractivity contribution in [3.05, 3.63) is 121 Å². The number of hydrogen-bond acceptors (Lipinski definition) is 18. The molecule has 336 valence electrons. The molecular weight excluding hydrogens is 1030 g/mol. The maximum atomic E-state index is 13.6.